The van der Waals surface area contributed by atoms with Gasteiger partial charge in [-0.05, 0) is 49.8 Å². The van der Waals surface area contributed by atoms with Gasteiger partial charge in [-0.15, -0.1) is 11.3 Å². The molecule has 110 valence electrons. The number of aromatic amines is 1. The molecule has 22 heavy (non-hydrogen) atoms. The zero-order valence-corrected chi connectivity index (χ0v) is 13.5. The molecule has 0 aliphatic carbocycles. The fourth-order valence-corrected chi connectivity index (χ4v) is 3.71. The number of hydrogen-bond acceptors (Lipinski definition) is 4. The van der Waals surface area contributed by atoms with Crippen LogP contribution in [-0.4, -0.2) is 19.6 Å². The SMILES string of the molecule is Cc1cn2nc(-c3cc(F)c4[nH]c(=S)sc4c3)cc(C)c2n1. The second kappa shape index (κ2) is 4.69. The molecule has 0 saturated heterocycles. The van der Waals surface area contributed by atoms with Crippen molar-refractivity contribution in [1.82, 2.24) is 19.6 Å². The van der Waals surface area contributed by atoms with Gasteiger partial charge in [0.15, 0.2) is 9.60 Å². The second-order valence-corrected chi connectivity index (χ2v) is 6.93. The van der Waals surface area contributed by atoms with Crippen molar-refractivity contribution in [1.29, 1.82) is 0 Å². The van der Waals surface area contributed by atoms with E-state index in [2.05, 4.69) is 15.1 Å². The summed E-state index contributed by atoms with van der Waals surface area (Å²) in [6, 6.07) is 5.32. The first-order chi connectivity index (χ1) is 10.5. The lowest BCUT2D eigenvalue weighted by Crippen LogP contribution is -1.96. The van der Waals surface area contributed by atoms with Crippen LogP contribution in [0.5, 0.6) is 0 Å². The molecule has 0 spiro atoms. The molecule has 4 aromatic rings. The van der Waals surface area contributed by atoms with Gasteiger partial charge < -0.3 is 4.98 Å². The highest BCUT2D eigenvalue weighted by atomic mass is 32.1. The van der Waals surface area contributed by atoms with Gasteiger partial charge in [0.2, 0.25) is 0 Å². The van der Waals surface area contributed by atoms with E-state index in [1.165, 1.54) is 17.4 Å². The molecule has 0 aliphatic rings. The van der Waals surface area contributed by atoms with E-state index in [9.17, 15) is 4.39 Å². The molecule has 0 radical (unpaired) electrons. The molecule has 0 atom stereocenters. The smallest absolute Gasteiger partial charge is 0.159 e. The van der Waals surface area contributed by atoms with Crippen LogP contribution >= 0.6 is 23.6 Å². The average molecular weight is 330 g/mol. The lowest BCUT2D eigenvalue weighted by atomic mass is 10.1. The quantitative estimate of drug-likeness (QED) is 0.525. The number of imidazole rings is 1. The van der Waals surface area contributed by atoms with Crippen molar-refractivity contribution in [2.24, 2.45) is 0 Å². The molecule has 1 N–H and O–H groups in total. The zero-order chi connectivity index (χ0) is 15.4. The number of benzene rings is 1. The van der Waals surface area contributed by atoms with Crippen LogP contribution in [0.1, 0.15) is 11.3 Å². The van der Waals surface area contributed by atoms with E-state index < -0.39 is 0 Å². The topological polar surface area (TPSA) is 46.0 Å². The predicted octanol–water partition coefficient (Wildman–Crippen LogP) is 4.42. The first-order valence-electron chi connectivity index (χ1n) is 6.67. The Kier molecular flexibility index (Phi) is 2.88. The van der Waals surface area contributed by atoms with Gasteiger partial charge in [0.05, 0.1) is 27.8 Å². The molecule has 0 unspecified atom stereocenters. The Labute approximate surface area is 134 Å². The molecular weight excluding hydrogens is 319 g/mol. The van der Waals surface area contributed by atoms with Crippen molar-refractivity contribution in [2.45, 2.75) is 13.8 Å². The molecule has 0 bridgehead atoms. The van der Waals surface area contributed by atoms with Crippen LogP contribution in [0.15, 0.2) is 24.4 Å². The van der Waals surface area contributed by atoms with Crippen LogP contribution in [0, 0.1) is 23.6 Å². The van der Waals surface area contributed by atoms with Crippen molar-refractivity contribution in [3.05, 3.63) is 45.4 Å². The summed E-state index contributed by atoms with van der Waals surface area (Å²) in [4.78, 5) is 7.30. The van der Waals surface area contributed by atoms with Crippen molar-refractivity contribution in [3.8, 4) is 11.3 Å². The van der Waals surface area contributed by atoms with Crippen molar-refractivity contribution in [3.63, 3.8) is 0 Å². The molecule has 3 aromatic heterocycles. The van der Waals surface area contributed by atoms with Gasteiger partial charge in [0, 0.05) is 5.56 Å². The van der Waals surface area contributed by atoms with Crippen molar-refractivity contribution < 1.29 is 4.39 Å². The maximum atomic E-state index is 14.2. The molecule has 1 aromatic carbocycles. The highest BCUT2D eigenvalue weighted by Crippen LogP contribution is 2.29. The number of aryl methyl sites for hydroxylation is 2. The zero-order valence-electron chi connectivity index (χ0n) is 11.8. The predicted molar refractivity (Wildman–Crippen MR) is 88.4 cm³/mol. The molecule has 4 rings (SSSR count). The first-order valence-corrected chi connectivity index (χ1v) is 7.90. The van der Waals surface area contributed by atoms with E-state index in [4.69, 9.17) is 12.2 Å². The molecular formula is C15H11FN4S2. The number of nitrogens with zero attached hydrogens (tertiary/aromatic N) is 3. The molecule has 3 heterocycles. The Hall–Kier alpha value is -2.12. The molecule has 0 saturated carbocycles. The summed E-state index contributed by atoms with van der Waals surface area (Å²) in [5, 5.41) is 4.54. The van der Waals surface area contributed by atoms with E-state index >= 15 is 0 Å². The number of halogens is 1. The van der Waals surface area contributed by atoms with Crippen LogP contribution in [0.25, 0.3) is 27.1 Å². The number of H-pyrrole nitrogens is 1. The minimum atomic E-state index is -0.318. The van der Waals surface area contributed by atoms with Gasteiger partial charge in [-0.2, -0.15) is 5.10 Å². The van der Waals surface area contributed by atoms with Crippen LogP contribution in [-0.2, 0) is 0 Å². The van der Waals surface area contributed by atoms with Crippen LogP contribution < -0.4 is 0 Å². The Balaban J connectivity index is 1.99. The van der Waals surface area contributed by atoms with Crippen molar-refractivity contribution >= 4 is 39.4 Å². The molecule has 4 nitrogen and oxygen atoms in total. The third-order valence-electron chi connectivity index (χ3n) is 3.51. The van der Waals surface area contributed by atoms with E-state index in [-0.39, 0.29) is 5.82 Å². The Morgan fingerprint density at radius 3 is 2.91 bits per heavy atom. The van der Waals surface area contributed by atoms with Gasteiger partial charge in [-0.3, -0.25) is 0 Å². The Morgan fingerprint density at radius 2 is 2.09 bits per heavy atom. The number of aromatic nitrogens is 4. The number of thiazole rings is 1. The summed E-state index contributed by atoms with van der Waals surface area (Å²) in [5.41, 5.74) is 4.61. The van der Waals surface area contributed by atoms with Gasteiger partial charge >= 0.3 is 0 Å². The second-order valence-electron chi connectivity index (χ2n) is 5.21. The number of rotatable bonds is 1. The summed E-state index contributed by atoms with van der Waals surface area (Å²) in [6.45, 7) is 3.90. The van der Waals surface area contributed by atoms with Crippen LogP contribution in [0.2, 0.25) is 0 Å². The number of hydrogen-bond donors (Lipinski definition) is 1. The molecule has 7 heteroatoms. The van der Waals surface area contributed by atoms with Gasteiger partial charge in [-0.1, -0.05) is 0 Å². The van der Waals surface area contributed by atoms with Crippen LogP contribution in [0.4, 0.5) is 4.39 Å². The minimum absolute atomic E-state index is 0.318. The van der Waals surface area contributed by atoms with Gasteiger partial charge in [0.25, 0.3) is 0 Å². The normalized spacial score (nSPS) is 11.6. The minimum Gasteiger partial charge on any atom is -0.335 e. The highest BCUT2D eigenvalue weighted by molar-refractivity contribution is 7.73. The molecule has 0 amide bonds. The fraction of sp³-hybridized carbons (Fsp3) is 0.133. The van der Waals surface area contributed by atoms with E-state index in [1.807, 2.05) is 32.2 Å². The largest absolute Gasteiger partial charge is 0.335 e. The highest BCUT2D eigenvalue weighted by Gasteiger charge is 2.11. The van der Waals surface area contributed by atoms with Crippen molar-refractivity contribution in [2.75, 3.05) is 0 Å². The summed E-state index contributed by atoms with van der Waals surface area (Å²) in [7, 11) is 0. The van der Waals surface area contributed by atoms with E-state index in [0.29, 0.717) is 15.2 Å². The number of fused-ring (bicyclic) bond motifs is 2. The monoisotopic (exact) mass is 330 g/mol. The van der Waals surface area contributed by atoms with Crippen LogP contribution in [0.3, 0.4) is 0 Å². The van der Waals surface area contributed by atoms with Gasteiger partial charge in [-0.25, -0.2) is 13.9 Å². The molecule has 0 aliphatic heterocycles. The Bertz CT molecular complexity index is 1090. The summed E-state index contributed by atoms with van der Waals surface area (Å²) in [6.07, 6.45) is 1.86. The average Bonchev–Trinajstić information content (AvgIpc) is 3.00. The van der Waals surface area contributed by atoms with E-state index in [1.54, 1.807) is 4.52 Å². The summed E-state index contributed by atoms with van der Waals surface area (Å²) >= 11 is 6.45. The fourth-order valence-electron chi connectivity index (χ4n) is 2.54. The lowest BCUT2D eigenvalue weighted by Gasteiger charge is -2.05. The van der Waals surface area contributed by atoms with E-state index in [0.717, 1.165) is 27.2 Å². The third kappa shape index (κ3) is 2.05. The number of nitrogens with one attached hydrogen (secondary N) is 1. The maximum Gasteiger partial charge on any atom is 0.159 e. The maximum absolute atomic E-state index is 14.2. The molecule has 0 fully saturated rings. The third-order valence-corrected chi connectivity index (χ3v) is 4.69. The first kappa shape index (κ1) is 13.5. The lowest BCUT2D eigenvalue weighted by molar-refractivity contribution is 0.637. The van der Waals surface area contributed by atoms with Gasteiger partial charge in [0.1, 0.15) is 5.82 Å². The Morgan fingerprint density at radius 1 is 1.27 bits per heavy atom. The standard InChI is InChI=1S/C15H11FN4S2/c1-7-3-11(19-20-6-8(2)17-14(7)20)9-4-10(16)13-12(5-9)22-15(21)18-13/h3-6H,1-2H3,(H,18,21). The summed E-state index contributed by atoms with van der Waals surface area (Å²) in [5.74, 6) is -0.318. The summed E-state index contributed by atoms with van der Waals surface area (Å²) < 4.78 is 17.3.